The van der Waals surface area contributed by atoms with Crippen LogP contribution in [0.2, 0.25) is 0 Å². The molecule has 0 radical (unpaired) electrons. The molecule has 0 bridgehead atoms. The van der Waals surface area contributed by atoms with E-state index in [1.165, 1.54) is 0 Å². The molecular formula is C30H30N2O5. The highest BCUT2D eigenvalue weighted by Crippen LogP contribution is 2.42. The third-order valence-corrected chi connectivity index (χ3v) is 6.52. The number of benzene rings is 2. The van der Waals surface area contributed by atoms with Gasteiger partial charge in [-0.15, -0.1) is 0 Å². The Morgan fingerprint density at radius 3 is 2.59 bits per heavy atom. The lowest BCUT2D eigenvalue weighted by Crippen LogP contribution is -2.29. The lowest BCUT2D eigenvalue weighted by Gasteiger charge is -2.26. The van der Waals surface area contributed by atoms with Crippen molar-refractivity contribution in [2.45, 2.75) is 46.7 Å². The third-order valence-electron chi connectivity index (χ3n) is 6.52. The van der Waals surface area contributed by atoms with Gasteiger partial charge < -0.3 is 18.8 Å². The molecule has 0 fully saturated rings. The van der Waals surface area contributed by atoms with Gasteiger partial charge in [0.2, 0.25) is 5.76 Å². The zero-order valence-electron chi connectivity index (χ0n) is 21.5. The monoisotopic (exact) mass is 498 g/mol. The summed E-state index contributed by atoms with van der Waals surface area (Å²) >= 11 is 0. The van der Waals surface area contributed by atoms with E-state index in [9.17, 15) is 9.59 Å². The van der Waals surface area contributed by atoms with Gasteiger partial charge in [-0.05, 0) is 73.7 Å². The predicted octanol–water partition coefficient (Wildman–Crippen LogP) is 5.74. The number of nitrogens with zero attached hydrogens (tertiary/aromatic N) is 2. The lowest BCUT2D eigenvalue weighted by atomic mass is 9.97. The number of ether oxygens (including phenoxy) is 2. The molecule has 7 heteroatoms. The summed E-state index contributed by atoms with van der Waals surface area (Å²) in [5, 5.41) is 0.477. The molecule has 4 aromatic rings. The fourth-order valence-electron chi connectivity index (χ4n) is 4.97. The molecule has 0 saturated carbocycles. The van der Waals surface area contributed by atoms with Crippen molar-refractivity contribution < 1.29 is 18.7 Å². The first-order valence-corrected chi connectivity index (χ1v) is 12.6. The van der Waals surface area contributed by atoms with Gasteiger partial charge in [0.05, 0.1) is 30.2 Å². The number of carbonyl (C=O) groups excluding carboxylic acids is 1. The summed E-state index contributed by atoms with van der Waals surface area (Å²) in [7, 11) is 0. The van der Waals surface area contributed by atoms with Crippen molar-refractivity contribution in [3.05, 3.63) is 98.7 Å². The first-order valence-electron chi connectivity index (χ1n) is 12.6. The minimum absolute atomic E-state index is 0.0858. The van der Waals surface area contributed by atoms with Crippen LogP contribution in [0.15, 0.2) is 64.1 Å². The number of hydrogen-bond acceptors (Lipinski definition) is 6. The zero-order valence-corrected chi connectivity index (χ0v) is 21.5. The van der Waals surface area contributed by atoms with Crippen LogP contribution in [0.25, 0.3) is 11.0 Å². The molecule has 0 N–H and O–H groups in total. The van der Waals surface area contributed by atoms with E-state index in [0.29, 0.717) is 41.2 Å². The van der Waals surface area contributed by atoms with Crippen molar-refractivity contribution >= 4 is 16.9 Å². The number of hydrogen-bond donors (Lipinski definition) is 0. The second-order valence-electron chi connectivity index (χ2n) is 9.32. The summed E-state index contributed by atoms with van der Waals surface area (Å²) < 4.78 is 18.0. The molecule has 1 aliphatic rings. The van der Waals surface area contributed by atoms with Crippen LogP contribution in [0.3, 0.4) is 0 Å². The quantitative estimate of drug-likeness (QED) is 0.308. The lowest BCUT2D eigenvalue weighted by molar-refractivity contribution is 0.0714. The number of pyridine rings is 1. The van der Waals surface area contributed by atoms with Gasteiger partial charge in [0, 0.05) is 18.9 Å². The Hall–Kier alpha value is -4.13. The second-order valence-corrected chi connectivity index (χ2v) is 9.32. The van der Waals surface area contributed by atoms with Crippen molar-refractivity contribution in [3.8, 4) is 11.5 Å². The molecule has 2 aromatic heterocycles. The van der Waals surface area contributed by atoms with Crippen molar-refractivity contribution in [2.75, 3.05) is 13.2 Å². The van der Waals surface area contributed by atoms with Gasteiger partial charge in [-0.3, -0.25) is 14.6 Å². The van der Waals surface area contributed by atoms with E-state index in [0.717, 1.165) is 28.7 Å². The minimum Gasteiger partial charge on any atom is -0.490 e. The fraction of sp³-hybridized carbons (Fsp3) is 0.300. The molecule has 1 amide bonds. The maximum atomic E-state index is 14.0. The normalized spacial score (nSPS) is 14.8. The van der Waals surface area contributed by atoms with Crippen LogP contribution in [0.5, 0.6) is 11.5 Å². The van der Waals surface area contributed by atoms with Gasteiger partial charge in [0.15, 0.2) is 16.9 Å². The average Bonchev–Trinajstić information content (AvgIpc) is 3.16. The van der Waals surface area contributed by atoms with Crippen LogP contribution in [0, 0.1) is 13.8 Å². The fourth-order valence-corrected chi connectivity index (χ4v) is 4.97. The van der Waals surface area contributed by atoms with Gasteiger partial charge in [-0.2, -0.15) is 0 Å². The van der Waals surface area contributed by atoms with Gasteiger partial charge in [0.1, 0.15) is 5.58 Å². The summed E-state index contributed by atoms with van der Waals surface area (Å²) in [6, 6.07) is 12.5. The number of amides is 1. The van der Waals surface area contributed by atoms with Crippen LogP contribution in [0.1, 0.15) is 64.7 Å². The summed E-state index contributed by atoms with van der Waals surface area (Å²) in [5.74, 6) is 0.967. The molecule has 190 valence electrons. The van der Waals surface area contributed by atoms with Crippen LogP contribution in [-0.4, -0.2) is 29.0 Å². The molecule has 2 aromatic carbocycles. The van der Waals surface area contributed by atoms with Gasteiger partial charge in [-0.25, -0.2) is 0 Å². The molecule has 1 unspecified atom stereocenters. The smallest absolute Gasteiger partial charge is 0.291 e. The van der Waals surface area contributed by atoms with Gasteiger partial charge in [0.25, 0.3) is 5.91 Å². The molecule has 0 spiro atoms. The summed E-state index contributed by atoms with van der Waals surface area (Å²) in [6.45, 7) is 9.07. The molecule has 3 heterocycles. The topological polar surface area (TPSA) is 81.9 Å². The van der Waals surface area contributed by atoms with Crippen LogP contribution in [-0.2, 0) is 6.54 Å². The Morgan fingerprint density at radius 1 is 1.03 bits per heavy atom. The van der Waals surface area contributed by atoms with Crippen molar-refractivity contribution in [1.82, 2.24) is 9.88 Å². The van der Waals surface area contributed by atoms with Crippen molar-refractivity contribution in [3.63, 3.8) is 0 Å². The molecule has 7 nitrogen and oxygen atoms in total. The van der Waals surface area contributed by atoms with Crippen LogP contribution in [0.4, 0.5) is 0 Å². The SMILES string of the molecule is CCCOc1ccc(C2c3c(oc4c(C)cc(C)cc4c3=O)C(=O)N2Cc2cccnc2)cc1OCC. The molecular weight excluding hydrogens is 468 g/mol. The number of rotatable bonds is 8. The molecule has 37 heavy (non-hydrogen) atoms. The molecule has 0 aliphatic carbocycles. The van der Waals surface area contributed by atoms with E-state index in [1.807, 2.05) is 70.2 Å². The standard InChI is InChI=1S/C30H30N2O5/c1-5-12-36-23-10-9-21(15-24(23)35-6-2)26-25-27(33)22-14-18(3)13-19(4)28(22)37-29(25)30(34)32(26)17-20-8-7-11-31-16-20/h7-11,13-16,26H,5-6,12,17H2,1-4H3. The van der Waals surface area contributed by atoms with E-state index in [4.69, 9.17) is 13.9 Å². The number of aryl methyl sites for hydroxylation is 2. The molecule has 1 atom stereocenters. The summed E-state index contributed by atoms with van der Waals surface area (Å²) in [4.78, 5) is 33.6. The predicted molar refractivity (Wildman–Crippen MR) is 141 cm³/mol. The maximum Gasteiger partial charge on any atom is 0.291 e. The first-order chi connectivity index (χ1) is 17.9. The van der Waals surface area contributed by atoms with Gasteiger partial charge in [-0.1, -0.05) is 25.1 Å². The highest BCUT2D eigenvalue weighted by atomic mass is 16.5. The van der Waals surface area contributed by atoms with Gasteiger partial charge >= 0.3 is 0 Å². The summed E-state index contributed by atoms with van der Waals surface area (Å²) in [5.41, 5.74) is 3.98. The number of carbonyl (C=O) groups is 1. The highest BCUT2D eigenvalue weighted by Gasteiger charge is 2.43. The van der Waals surface area contributed by atoms with E-state index < -0.39 is 6.04 Å². The third kappa shape index (κ3) is 4.46. The minimum atomic E-state index is -0.649. The first kappa shape index (κ1) is 24.6. The van der Waals surface area contributed by atoms with E-state index in [-0.39, 0.29) is 23.6 Å². The zero-order chi connectivity index (χ0) is 26.1. The summed E-state index contributed by atoms with van der Waals surface area (Å²) in [6.07, 6.45) is 4.28. The molecule has 0 saturated heterocycles. The van der Waals surface area contributed by atoms with Crippen molar-refractivity contribution in [2.24, 2.45) is 0 Å². The van der Waals surface area contributed by atoms with Crippen LogP contribution < -0.4 is 14.9 Å². The van der Waals surface area contributed by atoms with E-state index >= 15 is 0 Å². The number of fused-ring (bicyclic) bond motifs is 2. The second kappa shape index (κ2) is 10.1. The largest absolute Gasteiger partial charge is 0.490 e. The van der Waals surface area contributed by atoms with E-state index in [1.54, 1.807) is 17.3 Å². The van der Waals surface area contributed by atoms with Crippen molar-refractivity contribution in [1.29, 1.82) is 0 Å². The Balaban J connectivity index is 1.72. The Kier molecular flexibility index (Phi) is 6.70. The Labute approximate surface area is 215 Å². The Morgan fingerprint density at radius 2 is 1.86 bits per heavy atom. The Bertz CT molecular complexity index is 1530. The molecule has 1 aliphatic heterocycles. The highest BCUT2D eigenvalue weighted by molar-refractivity contribution is 5.99. The van der Waals surface area contributed by atoms with E-state index in [2.05, 4.69) is 4.98 Å². The van der Waals surface area contributed by atoms with Crippen LogP contribution >= 0.6 is 0 Å². The maximum absolute atomic E-state index is 14.0. The number of aromatic nitrogens is 1. The molecule has 5 rings (SSSR count). The average molecular weight is 499 g/mol.